The molecule has 1 aliphatic carbocycles. The average Bonchev–Trinajstić information content (AvgIpc) is 2.39. The molecule has 1 heterocycles. The lowest BCUT2D eigenvalue weighted by Crippen LogP contribution is -2.49. The summed E-state index contributed by atoms with van der Waals surface area (Å²) in [5.74, 6) is 1.54. The minimum absolute atomic E-state index is 0.121. The van der Waals surface area contributed by atoms with E-state index < -0.39 is 0 Å². The molecule has 1 aromatic heterocycles. The van der Waals surface area contributed by atoms with Gasteiger partial charge in [-0.1, -0.05) is 6.92 Å². The fourth-order valence-electron chi connectivity index (χ4n) is 2.51. The van der Waals surface area contributed by atoms with Crippen molar-refractivity contribution in [3.8, 4) is 0 Å². The SMILES string of the molecule is CC1CCC(CCl)(NCc2cncc(Br)c2)CC1. The highest BCUT2D eigenvalue weighted by atomic mass is 79.9. The third-order valence-electron chi connectivity index (χ3n) is 3.92. The first-order valence-electron chi connectivity index (χ1n) is 6.54. The van der Waals surface area contributed by atoms with Gasteiger partial charge in [-0.15, -0.1) is 11.6 Å². The Labute approximate surface area is 123 Å². The molecule has 1 aromatic rings. The zero-order chi connectivity index (χ0) is 13.0. The Kier molecular flexibility index (Phi) is 5.05. The molecule has 0 saturated heterocycles. The summed E-state index contributed by atoms with van der Waals surface area (Å²) in [6.45, 7) is 3.17. The first-order valence-corrected chi connectivity index (χ1v) is 7.87. The van der Waals surface area contributed by atoms with Crippen LogP contribution in [-0.4, -0.2) is 16.4 Å². The van der Waals surface area contributed by atoms with Gasteiger partial charge in [0, 0.05) is 34.8 Å². The topological polar surface area (TPSA) is 24.9 Å². The number of halogens is 2. The number of alkyl halides is 1. The number of hydrogen-bond donors (Lipinski definition) is 1. The molecule has 2 nitrogen and oxygen atoms in total. The fourth-order valence-corrected chi connectivity index (χ4v) is 3.29. The van der Waals surface area contributed by atoms with Crippen molar-refractivity contribution in [2.75, 3.05) is 5.88 Å². The van der Waals surface area contributed by atoms with E-state index in [1.165, 1.54) is 31.2 Å². The van der Waals surface area contributed by atoms with Gasteiger partial charge in [0.25, 0.3) is 0 Å². The number of pyridine rings is 1. The second kappa shape index (κ2) is 6.36. The molecule has 0 spiro atoms. The lowest BCUT2D eigenvalue weighted by Gasteiger charge is -2.39. The molecular weight excluding hydrogens is 312 g/mol. The molecule has 1 saturated carbocycles. The molecule has 0 amide bonds. The van der Waals surface area contributed by atoms with Gasteiger partial charge in [-0.25, -0.2) is 0 Å². The highest BCUT2D eigenvalue weighted by molar-refractivity contribution is 9.10. The van der Waals surface area contributed by atoms with E-state index in [0.717, 1.165) is 16.9 Å². The van der Waals surface area contributed by atoms with Crippen LogP contribution < -0.4 is 5.32 Å². The Morgan fingerprint density at radius 1 is 1.44 bits per heavy atom. The smallest absolute Gasteiger partial charge is 0.0410 e. The molecule has 1 aliphatic rings. The van der Waals surface area contributed by atoms with Crippen LogP contribution in [0.5, 0.6) is 0 Å². The quantitative estimate of drug-likeness (QED) is 0.839. The average molecular weight is 332 g/mol. The number of rotatable bonds is 4. The predicted molar refractivity (Wildman–Crippen MR) is 79.9 cm³/mol. The van der Waals surface area contributed by atoms with Gasteiger partial charge in [0.2, 0.25) is 0 Å². The Morgan fingerprint density at radius 3 is 2.78 bits per heavy atom. The van der Waals surface area contributed by atoms with E-state index in [0.29, 0.717) is 5.88 Å². The summed E-state index contributed by atoms with van der Waals surface area (Å²) in [6, 6.07) is 2.10. The first-order chi connectivity index (χ1) is 8.63. The Hall–Kier alpha value is -0.120. The Bertz CT molecular complexity index is 389. The van der Waals surface area contributed by atoms with Crippen LogP contribution in [0, 0.1) is 5.92 Å². The second-order valence-electron chi connectivity index (χ2n) is 5.46. The molecule has 4 heteroatoms. The van der Waals surface area contributed by atoms with Crippen molar-refractivity contribution in [2.24, 2.45) is 5.92 Å². The van der Waals surface area contributed by atoms with Crippen LogP contribution in [0.25, 0.3) is 0 Å². The molecule has 0 unspecified atom stereocenters. The molecule has 0 atom stereocenters. The van der Waals surface area contributed by atoms with Crippen LogP contribution in [0.3, 0.4) is 0 Å². The summed E-state index contributed by atoms with van der Waals surface area (Å²) < 4.78 is 1.03. The molecule has 0 radical (unpaired) electrons. The summed E-state index contributed by atoms with van der Waals surface area (Å²) in [6.07, 6.45) is 8.62. The Morgan fingerprint density at radius 2 is 2.17 bits per heavy atom. The molecule has 0 aromatic carbocycles. The van der Waals surface area contributed by atoms with E-state index in [4.69, 9.17) is 11.6 Å². The predicted octanol–water partition coefficient (Wildman–Crippen LogP) is 4.12. The van der Waals surface area contributed by atoms with Crippen molar-refractivity contribution in [3.63, 3.8) is 0 Å². The number of aromatic nitrogens is 1. The van der Waals surface area contributed by atoms with Gasteiger partial charge < -0.3 is 5.32 Å². The highest BCUT2D eigenvalue weighted by Crippen LogP contribution is 2.33. The lowest BCUT2D eigenvalue weighted by molar-refractivity contribution is 0.216. The zero-order valence-electron chi connectivity index (χ0n) is 10.8. The summed E-state index contributed by atoms with van der Waals surface area (Å²) >= 11 is 9.65. The molecule has 0 bridgehead atoms. The maximum absolute atomic E-state index is 6.19. The molecule has 18 heavy (non-hydrogen) atoms. The van der Waals surface area contributed by atoms with Crippen LogP contribution in [0.4, 0.5) is 0 Å². The van der Waals surface area contributed by atoms with Gasteiger partial charge >= 0.3 is 0 Å². The van der Waals surface area contributed by atoms with Crippen LogP contribution in [0.1, 0.15) is 38.2 Å². The maximum atomic E-state index is 6.19. The van der Waals surface area contributed by atoms with Gasteiger partial charge in [0.15, 0.2) is 0 Å². The van der Waals surface area contributed by atoms with Crippen LogP contribution in [-0.2, 0) is 6.54 Å². The lowest BCUT2D eigenvalue weighted by atomic mass is 9.78. The summed E-state index contributed by atoms with van der Waals surface area (Å²) in [4.78, 5) is 4.19. The van der Waals surface area contributed by atoms with E-state index in [9.17, 15) is 0 Å². The monoisotopic (exact) mass is 330 g/mol. The fraction of sp³-hybridized carbons (Fsp3) is 0.643. The van der Waals surface area contributed by atoms with Gasteiger partial charge in [-0.3, -0.25) is 4.98 Å². The van der Waals surface area contributed by atoms with Crippen molar-refractivity contribution in [3.05, 3.63) is 28.5 Å². The molecule has 1 N–H and O–H groups in total. The van der Waals surface area contributed by atoms with E-state index >= 15 is 0 Å². The van der Waals surface area contributed by atoms with Crippen LogP contribution >= 0.6 is 27.5 Å². The van der Waals surface area contributed by atoms with Gasteiger partial charge in [0.05, 0.1) is 0 Å². The summed E-state index contributed by atoms with van der Waals surface area (Å²) in [5, 5.41) is 3.66. The third-order valence-corrected chi connectivity index (χ3v) is 4.86. The number of hydrogen-bond acceptors (Lipinski definition) is 2. The van der Waals surface area contributed by atoms with Crippen molar-refractivity contribution in [1.82, 2.24) is 10.3 Å². The van der Waals surface area contributed by atoms with Crippen LogP contribution in [0.15, 0.2) is 22.9 Å². The molecule has 2 rings (SSSR count). The van der Waals surface area contributed by atoms with E-state index in [1.807, 2.05) is 12.4 Å². The van der Waals surface area contributed by atoms with Crippen molar-refractivity contribution < 1.29 is 0 Å². The summed E-state index contributed by atoms with van der Waals surface area (Å²) in [7, 11) is 0. The van der Waals surface area contributed by atoms with Crippen molar-refractivity contribution in [2.45, 2.75) is 44.7 Å². The standard InChI is InChI=1S/C14H20BrClN2/c1-11-2-4-14(10-16,5-3-11)18-8-12-6-13(15)9-17-7-12/h6-7,9,11,18H,2-5,8,10H2,1H3. The minimum atomic E-state index is 0.121. The van der Waals surface area contributed by atoms with E-state index in [2.05, 4.69) is 39.2 Å². The molecular formula is C14H20BrClN2. The molecule has 1 fully saturated rings. The minimum Gasteiger partial charge on any atom is -0.306 e. The molecule has 0 aliphatic heterocycles. The van der Waals surface area contributed by atoms with E-state index in [1.54, 1.807) is 0 Å². The third kappa shape index (κ3) is 3.69. The van der Waals surface area contributed by atoms with Crippen LogP contribution in [0.2, 0.25) is 0 Å². The first kappa shape index (κ1) is 14.3. The summed E-state index contributed by atoms with van der Waals surface area (Å²) in [5.41, 5.74) is 1.32. The van der Waals surface area contributed by atoms with Crippen molar-refractivity contribution >= 4 is 27.5 Å². The zero-order valence-corrected chi connectivity index (χ0v) is 13.1. The number of nitrogens with one attached hydrogen (secondary N) is 1. The highest BCUT2D eigenvalue weighted by Gasteiger charge is 2.32. The van der Waals surface area contributed by atoms with E-state index in [-0.39, 0.29) is 5.54 Å². The maximum Gasteiger partial charge on any atom is 0.0410 e. The van der Waals surface area contributed by atoms with Gasteiger partial charge in [-0.2, -0.15) is 0 Å². The number of nitrogens with zero attached hydrogens (tertiary/aromatic N) is 1. The Balaban J connectivity index is 1.95. The van der Waals surface area contributed by atoms with Gasteiger partial charge in [0.1, 0.15) is 0 Å². The second-order valence-corrected chi connectivity index (χ2v) is 6.64. The van der Waals surface area contributed by atoms with Crippen molar-refractivity contribution in [1.29, 1.82) is 0 Å². The largest absolute Gasteiger partial charge is 0.306 e. The van der Waals surface area contributed by atoms with Gasteiger partial charge in [-0.05, 0) is 59.2 Å². The normalized spacial score (nSPS) is 28.3. The molecule has 100 valence electrons.